The largest absolute Gasteiger partial charge is 0.368 e. The lowest BCUT2D eigenvalue weighted by molar-refractivity contribution is 0.241. The molecule has 0 aliphatic carbocycles. The van der Waals surface area contributed by atoms with Gasteiger partial charge in [-0.1, -0.05) is 56.3 Å². The standard InChI is InChI=1S/C24H31N5O/c1-3-29(4-2)18-20-11-9-19(10-12-20)17-27-24(30)26-16-15-25-23-14-13-21-7-5-6-8-22(21)28-23/h5-14H,3-4,15-18H2,1-2H3,(H,25,28)(H2,26,27,30). The number of urea groups is 1. The summed E-state index contributed by atoms with van der Waals surface area (Å²) in [6.45, 7) is 9.04. The molecule has 3 N–H and O–H groups in total. The average Bonchev–Trinajstić information content (AvgIpc) is 2.79. The summed E-state index contributed by atoms with van der Waals surface area (Å²) in [5.41, 5.74) is 3.34. The van der Waals surface area contributed by atoms with Crippen molar-refractivity contribution in [1.82, 2.24) is 20.5 Å². The number of para-hydroxylation sites is 1. The molecule has 0 aliphatic heterocycles. The topological polar surface area (TPSA) is 69.3 Å². The molecule has 0 unspecified atom stereocenters. The first-order chi connectivity index (χ1) is 14.7. The van der Waals surface area contributed by atoms with Crippen LogP contribution in [-0.4, -0.2) is 42.1 Å². The fraction of sp³-hybridized carbons (Fsp3) is 0.333. The second-order valence-electron chi connectivity index (χ2n) is 7.20. The minimum atomic E-state index is -0.171. The van der Waals surface area contributed by atoms with Crippen molar-refractivity contribution in [3.63, 3.8) is 0 Å². The molecule has 0 saturated heterocycles. The molecule has 1 aromatic heterocycles. The molecule has 0 bridgehead atoms. The third kappa shape index (κ3) is 6.46. The summed E-state index contributed by atoms with van der Waals surface area (Å²) >= 11 is 0. The summed E-state index contributed by atoms with van der Waals surface area (Å²) in [6.07, 6.45) is 0. The van der Waals surface area contributed by atoms with Gasteiger partial charge in [0.1, 0.15) is 5.82 Å². The van der Waals surface area contributed by atoms with Gasteiger partial charge in [0.25, 0.3) is 0 Å². The first kappa shape index (κ1) is 21.6. The third-order valence-electron chi connectivity index (χ3n) is 5.09. The number of hydrogen-bond donors (Lipinski definition) is 3. The second-order valence-corrected chi connectivity index (χ2v) is 7.20. The summed E-state index contributed by atoms with van der Waals surface area (Å²) in [7, 11) is 0. The molecule has 3 aromatic rings. The van der Waals surface area contributed by atoms with Crippen molar-refractivity contribution < 1.29 is 4.79 Å². The Balaban J connectivity index is 1.35. The number of carbonyl (C=O) groups is 1. The van der Waals surface area contributed by atoms with E-state index in [0.29, 0.717) is 19.6 Å². The van der Waals surface area contributed by atoms with E-state index in [-0.39, 0.29) is 6.03 Å². The molecule has 6 heteroatoms. The molecule has 2 amide bonds. The molecule has 2 aromatic carbocycles. The van der Waals surface area contributed by atoms with Gasteiger partial charge in [-0.25, -0.2) is 9.78 Å². The Hall–Kier alpha value is -3.12. The Morgan fingerprint density at radius 2 is 1.60 bits per heavy atom. The van der Waals surface area contributed by atoms with Crippen LogP contribution in [0.4, 0.5) is 10.6 Å². The number of nitrogens with zero attached hydrogens (tertiary/aromatic N) is 2. The minimum Gasteiger partial charge on any atom is -0.368 e. The van der Waals surface area contributed by atoms with Crippen LogP contribution in [0, 0.1) is 0 Å². The van der Waals surface area contributed by atoms with Crippen LogP contribution in [0.15, 0.2) is 60.7 Å². The van der Waals surface area contributed by atoms with Gasteiger partial charge in [0, 0.05) is 31.6 Å². The van der Waals surface area contributed by atoms with Gasteiger partial charge in [-0.15, -0.1) is 0 Å². The SMILES string of the molecule is CCN(CC)Cc1ccc(CNC(=O)NCCNc2ccc3ccccc3n2)cc1. The number of aromatic nitrogens is 1. The highest BCUT2D eigenvalue weighted by molar-refractivity contribution is 5.80. The molecule has 30 heavy (non-hydrogen) atoms. The number of amides is 2. The van der Waals surface area contributed by atoms with Crippen LogP contribution in [0.5, 0.6) is 0 Å². The van der Waals surface area contributed by atoms with Gasteiger partial charge in [-0.2, -0.15) is 0 Å². The Morgan fingerprint density at radius 1 is 0.867 bits per heavy atom. The van der Waals surface area contributed by atoms with Crippen LogP contribution in [-0.2, 0) is 13.1 Å². The fourth-order valence-corrected chi connectivity index (χ4v) is 3.24. The van der Waals surface area contributed by atoms with E-state index >= 15 is 0 Å². The van der Waals surface area contributed by atoms with Gasteiger partial charge < -0.3 is 16.0 Å². The molecule has 6 nitrogen and oxygen atoms in total. The van der Waals surface area contributed by atoms with Crippen molar-refractivity contribution in [3.8, 4) is 0 Å². The smallest absolute Gasteiger partial charge is 0.315 e. The Bertz CT molecular complexity index is 938. The predicted molar refractivity (Wildman–Crippen MR) is 124 cm³/mol. The zero-order valence-corrected chi connectivity index (χ0v) is 17.8. The van der Waals surface area contributed by atoms with E-state index in [2.05, 4.69) is 63.9 Å². The highest BCUT2D eigenvalue weighted by Gasteiger charge is 2.03. The lowest BCUT2D eigenvalue weighted by atomic mass is 10.1. The maximum Gasteiger partial charge on any atom is 0.315 e. The number of anilines is 1. The Labute approximate surface area is 178 Å². The van der Waals surface area contributed by atoms with Crippen LogP contribution in [0.1, 0.15) is 25.0 Å². The Morgan fingerprint density at radius 3 is 2.37 bits per heavy atom. The minimum absolute atomic E-state index is 0.171. The van der Waals surface area contributed by atoms with Gasteiger partial charge in [0.05, 0.1) is 5.52 Å². The Kier molecular flexibility index (Phi) is 8.03. The predicted octanol–water partition coefficient (Wildman–Crippen LogP) is 3.99. The summed E-state index contributed by atoms with van der Waals surface area (Å²) in [4.78, 5) is 19.0. The quantitative estimate of drug-likeness (QED) is 0.446. The number of benzene rings is 2. The van der Waals surface area contributed by atoms with Crippen LogP contribution < -0.4 is 16.0 Å². The van der Waals surface area contributed by atoms with Gasteiger partial charge in [0.2, 0.25) is 0 Å². The first-order valence-electron chi connectivity index (χ1n) is 10.6. The molecule has 0 aliphatic rings. The zero-order valence-electron chi connectivity index (χ0n) is 17.8. The zero-order chi connectivity index (χ0) is 21.2. The van der Waals surface area contributed by atoms with Gasteiger partial charge >= 0.3 is 6.03 Å². The fourth-order valence-electron chi connectivity index (χ4n) is 3.24. The van der Waals surface area contributed by atoms with Crippen molar-refractivity contribution in [3.05, 3.63) is 71.8 Å². The monoisotopic (exact) mass is 405 g/mol. The summed E-state index contributed by atoms with van der Waals surface area (Å²) in [5.74, 6) is 0.806. The number of hydrogen-bond acceptors (Lipinski definition) is 4. The van der Waals surface area contributed by atoms with Crippen molar-refractivity contribution in [2.45, 2.75) is 26.9 Å². The normalized spacial score (nSPS) is 10.9. The van der Waals surface area contributed by atoms with E-state index in [1.165, 1.54) is 5.56 Å². The average molecular weight is 406 g/mol. The van der Waals surface area contributed by atoms with Crippen LogP contribution in [0.3, 0.4) is 0 Å². The molecule has 0 spiro atoms. The molecule has 1 heterocycles. The van der Waals surface area contributed by atoms with Crippen molar-refractivity contribution in [2.75, 3.05) is 31.5 Å². The van der Waals surface area contributed by atoms with E-state index in [1.54, 1.807) is 0 Å². The summed E-state index contributed by atoms with van der Waals surface area (Å²) in [6, 6.07) is 20.2. The molecule has 0 radical (unpaired) electrons. The second kappa shape index (κ2) is 11.2. The van der Waals surface area contributed by atoms with E-state index in [0.717, 1.165) is 41.9 Å². The third-order valence-corrected chi connectivity index (χ3v) is 5.09. The van der Waals surface area contributed by atoms with Gasteiger partial charge in [0.15, 0.2) is 0 Å². The van der Waals surface area contributed by atoms with Crippen LogP contribution in [0.25, 0.3) is 10.9 Å². The number of rotatable bonds is 10. The number of nitrogens with one attached hydrogen (secondary N) is 3. The number of carbonyl (C=O) groups excluding carboxylic acids is 1. The highest BCUT2D eigenvalue weighted by Crippen LogP contribution is 2.14. The maximum atomic E-state index is 12.0. The van der Waals surface area contributed by atoms with Crippen molar-refractivity contribution >= 4 is 22.8 Å². The lowest BCUT2D eigenvalue weighted by Gasteiger charge is -2.18. The summed E-state index contributed by atoms with van der Waals surface area (Å²) in [5, 5.41) is 10.1. The van der Waals surface area contributed by atoms with E-state index in [9.17, 15) is 4.79 Å². The van der Waals surface area contributed by atoms with Crippen LogP contribution >= 0.6 is 0 Å². The molecular formula is C24H31N5O. The first-order valence-corrected chi connectivity index (χ1v) is 10.6. The van der Waals surface area contributed by atoms with Crippen molar-refractivity contribution in [2.24, 2.45) is 0 Å². The molecular weight excluding hydrogens is 374 g/mol. The molecule has 3 rings (SSSR count). The van der Waals surface area contributed by atoms with E-state index in [4.69, 9.17) is 0 Å². The van der Waals surface area contributed by atoms with Crippen LogP contribution in [0.2, 0.25) is 0 Å². The maximum absolute atomic E-state index is 12.0. The van der Waals surface area contributed by atoms with Gasteiger partial charge in [-0.3, -0.25) is 4.90 Å². The lowest BCUT2D eigenvalue weighted by Crippen LogP contribution is -2.37. The van der Waals surface area contributed by atoms with E-state index < -0.39 is 0 Å². The highest BCUT2D eigenvalue weighted by atomic mass is 16.2. The number of pyridine rings is 1. The number of fused-ring (bicyclic) bond motifs is 1. The van der Waals surface area contributed by atoms with Crippen molar-refractivity contribution in [1.29, 1.82) is 0 Å². The molecule has 0 saturated carbocycles. The van der Waals surface area contributed by atoms with E-state index in [1.807, 2.05) is 36.4 Å². The molecule has 0 atom stereocenters. The van der Waals surface area contributed by atoms with Gasteiger partial charge in [-0.05, 0) is 42.4 Å². The molecule has 158 valence electrons. The summed E-state index contributed by atoms with van der Waals surface area (Å²) < 4.78 is 0. The molecule has 0 fully saturated rings.